The standard InChI is InChI=1S/C23H23N3O/c1-13-4-5-14(2)16(8-13)9-17-10-21-22(25-26-23(21)24)12-20(17)19-11-18(27)7-6-15(19)3/h4-8,10-12,27H,9H2,1-3H3,(H3,24,25,26). The third kappa shape index (κ3) is 3.14. The number of aromatic nitrogens is 2. The van der Waals surface area contributed by atoms with Crippen LogP contribution in [0.3, 0.4) is 0 Å². The molecule has 3 aromatic carbocycles. The number of nitrogens with one attached hydrogen (secondary N) is 1. The fraction of sp³-hybridized carbons (Fsp3) is 0.174. The second-order valence-corrected chi connectivity index (χ2v) is 7.27. The van der Waals surface area contributed by atoms with Crippen LogP contribution in [-0.4, -0.2) is 15.3 Å². The highest BCUT2D eigenvalue weighted by Gasteiger charge is 2.14. The number of hydrogen-bond donors (Lipinski definition) is 3. The average Bonchev–Trinajstić information content (AvgIpc) is 3.00. The minimum atomic E-state index is 0.262. The molecule has 27 heavy (non-hydrogen) atoms. The van der Waals surface area contributed by atoms with E-state index in [0.717, 1.165) is 39.6 Å². The van der Waals surface area contributed by atoms with E-state index < -0.39 is 0 Å². The number of aromatic amines is 1. The Labute approximate surface area is 158 Å². The molecule has 4 aromatic rings. The molecular weight excluding hydrogens is 334 g/mol. The number of fused-ring (bicyclic) bond motifs is 1. The van der Waals surface area contributed by atoms with E-state index in [1.807, 2.05) is 12.1 Å². The van der Waals surface area contributed by atoms with E-state index in [0.29, 0.717) is 5.82 Å². The zero-order chi connectivity index (χ0) is 19.1. The van der Waals surface area contributed by atoms with Gasteiger partial charge in [-0.05, 0) is 84.8 Å². The number of nitrogens with two attached hydrogens (primary N) is 1. The van der Waals surface area contributed by atoms with Crippen molar-refractivity contribution in [1.82, 2.24) is 10.2 Å². The maximum Gasteiger partial charge on any atom is 0.153 e. The Balaban J connectivity index is 1.95. The first-order chi connectivity index (χ1) is 12.9. The highest BCUT2D eigenvalue weighted by Crippen LogP contribution is 2.35. The molecule has 1 aromatic heterocycles. The van der Waals surface area contributed by atoms with Gasteiger partial charge < -0.3 is 10.8 Å². The van der Waals surface area contributed by atoms with E-state index in [2.05, 4.69) is 61.3 Å². The van der Waals surface area contributed by atoms with Crippen LogP contribution >= 0.6 is 0 Å². The van der Waals surface area contributed by atoms with E-state index in [-0.39, 0.29) is 5.75 Å². The number of aromatic hydroxyl groups is 1. The van der Waals surface area contributed by atoms with E-state index in [1.165, 1.54) is 16.7 Å². The van der Waals surface area contributed by atoms with Gasteiger partial charge in [0.1, 0.15) is 5.75 Å². The van der Waals surface area contributed by atoms with E-state index in [9.17, 15) is 5.11 Å². The highest BCUT2D eigenvalue weighted by molar-refractivity contribution is 5.93. The third-order valence-electron chi connectivity index (χ3n) is 5.21. The molecule has 1 heterocycles. The largest absolute Gasteiger partial charge is 0.508 e. The second-order valence-electron chi connectivity index (χ2n) is 7.27. The van der Waals surface area contributed by atoms with Gasteiger partial charge in [-0.15, -0.1) is 0 Å². The zero-order valence-corrected chi connectivity index (χ0v) is 15.8. The quantitative estimate of drug-likeness (QED) is 0.481. The number of nitrogen functional groups attached to an aromatic ring is 1. The number of phenols is 1. The third-order valence-corrected chi connectivity index (χ3v) is 5.21. The highest BCUT2D eigenvalue weighted by atomic mass is 16.3. The normalized spacial score (nSPS) is 11.2. The van der Waals surface area contributed by atoms with Crippen molar-refractivity contribution in [3.8, 4) is 16.9 Å². The van der Waals surface area contributed by atoms with Gasteiger partial charge in [-0.1, -0.05) is 29.8 Å². The molecule has 0 aliphatic heterocycles. The van der Waals surface area contributed by atoms with Gasteiger partial charge in [-0.2, -0.15) is 5.10 Å². The van der Waals surface area contributed by atoms with Gasteiger partial charge in [0.15, 0.2) is 5.82 Å². The fourth-order valence-corrected chi connectivity index (χ4v) is 3.62. The molecule has 4 rings (SSSR count). The van der Waals surface area contributed by atoms with Gasteiger partial charge in [0, 0.05) is 5.39 Å². The van der Waals surface area contributed by atoms with Gasteiger partial charge in [0.25, 0.3) is 0 Å². The maximum atomic E-state index is 10.0. The molecule has 136 valence electrons. The lowest BCUT2D eigenvalue weighted by molar-refractivity contribution is 0.475. The van der Waals surface area contributed by atoms with Crippen LogP contribution in [0.1, 0.15) is 27.8 Å². The van der Waals surface area contributed by atoms with Crippen LogP contribution < -0.4 is 5.73 Å². The molecular formula is C23H23N3O. The van der Waals surface area contributed by atoms with Crippen molar-refractivity contribution < 1.29 is 5.11 Å². The summed E-state index contributed by atoms with van der Waals surface area (Å²) in [6, 6.07) is 16.2. The molecule has 0 atom stereocenters. The van der Waals surface area contributed by atoms with Crippen LogP contribution in [-0.2, 0) is 6.42 Å². The summed E-state index contributed by atoms with van der Waals surface area (Å²) in [6.45, 7) is 6.31. The number of phenolic OH excluding ortho intramolecular Hbond substituents is 1. The average molecular weight is 357 g/mol. The van der Waals surface area contributed by atoms with Crippen LogP contribution in [0.5, 0.6) is 5.75 Å². The lowest BCUT2D eigenvalue weighted by Crippen LogP contribution is -1.97. The number of nitrogens with zero attached hydrogens (tertiary/aromatic N) is 1. The van der Waals surface area contributed by atoms with Crippen molar-refractivity contribution in [2.24, 2.45) is 0 Å². The first-order valence-electron chi connectivity index (χ1n) is 9.05. The van der Waals surface area contributed by atoms with Crippen molar-refractivity contribution in [2.75, 3.05) is 5.73 Å². The van der Waals surface area contributed by atoms with Crippen molar-refractivity contribution in [3.05, 3.63) is 76.3 Å². The molecule has 4 N–H and O–H groups in total. The Hall–Kier alpha value is -3.27. The summed E-state index contributed by atoms with van der Waals surface area (Å²) in [6.07, 6.45) is 0.790. The van der Waals surface area contributed by atoms with Crippen LogP contribution in [0.2, 0.25) is 0 Å². The van der Waals surface area contributed by atoms with Crippen LogP contribution in [0, 0.1) is 20.8 Å². The molecule has 0 unspecified atom stereocenters. The minimum absolute atomic E-state index is 0.262. The smallest absolute Gasteiger partial charge is 0.153 e. The number of rotatable bonds is 3. The van der Waals surface area contributed by atoms with Crippen molar-refractivity contribution >= 4 is 16.7 Å². The number of aryl methyl sites for hydroxylation is 3. The Morgan fingerprint density at radius 1 is 0.889 bits per heavy atom. The Morgan fingerprint density at radius 2 is 1.67 bits per heavy atom. The SMILES string of the molecule is Cc1ccc(C)c(Cc2cc3c(N)n[nH]c3cc2-c2cc(O)ccc2C)c1. The Kier molecular flexibility index (Phi) is 4.11. The number of anilines is 1. The minimum Gasteiger partial charge on any atom is -0.508 e. The van der Waals surface area contributed by atoms with Gasteiger partial charge in [-0.3, -0.25) is 5.10 Å². The van der Waals surface area contributed by atoms with Gasteiger partial charge in [-0.25, -0.2) is 0 Å². The molecule has 0 fully saturated rings. The maximum absolute atomic E-state index is 10.0. The summed E-state index contributed by atoms with van der Waals surface area (Å²) in [5, 5.41) is 18.1. The number of benzene rings is 3. The second kappa shape index (κ2) is 6.47. The molecule has 0 radical (unpaired) electrons. The molecule has 4 heteroatoms. The zero-order valence-electron chi connectivity index (χ0n) is 15.8. The van der Waals surface area contributed by atoms with Crippen molar-refractivity contribution in [3.63, 3.8) is 0 Å². The number of hydrogen-bond acceptors (Lipinski definition) is 3. The lowest BCUT2D eigenvalue weighted by atomic mass is 9.89. The first kappa shape index (κ1) is 17.2. The Bertz CT molecular complexity index is 1160. The van der Waals surface area contributed by atoms with Gasteiger partial charge in [0.2, 0.25) is 0 Å². The van der Waals surface area contributed by atoms with E-state index in [1.54, 1.807) is 6.07 Å². The molecule has 0 aliphatic carbocycles. The predicted octanol–water partition coefficient (Wildman–Crippen LogP) is 5.03. The molecule has 4 nitrogen and oxygen atoms in total. The molecule has 0 saturated heterocycles. The Morgan fingerprint density at radius 3 is 2.48 bits per heavy atom. The predicted molar refractivity (Wildman–Crippen MR) is 111 cm³/mol. The summed E-state index contributed by atoms with van der Waals surface area (Å²) in [5.74, 6) is 0.768. The first-order valence-corrected chi connectivity index (χ1v) is 9.05. The molecule has 0 aliphatic rings. The van der Waals surface area contributed by atoms with Crippen molar-refractivity contribution in [2.45, 2.75) is 27.2 Å². The van der Waals surface area contributed by atoms with E-state index in [4.69, 9.17) is 5.73 Å². The molecule has 0 saturated carbocycles. The molecule has 0 bridgehead atoms. The lowest BCUT2D eigenvalue weighted by Gasteiger charge is -2.15. The van der Waals surface area contributed by atoms with Crippen molar-refractivity contribution in [1.29, 1.82) is 0 Å². The summed E-state index contributed by atoms with van der Waals surface area (Å²) in [5.41, 5.74) is 15.1. The van der Waals surface area contributed by atoms with Crippen LogP contribution in [0.25, 0.3) is 22.0 Å². The topological polar surface area (TPSA) is 74.9 Å². The summed E-state index contributed by atoms with van der Waals surface area (Å²) in [4.78, 5) is 0. The molecule has 0 spiro atoms. The van der Waals surface area contributed by atoms with Gasteiger partial charge >= 0.3 is 0 Å². The summed E-state index contributed by atoms with van der Waals surface area (Å²) < 4.78 is 0. The number of H-pyrrole nitrogens is 1. The van der Waals surface area contributed by atoms with Crippen LogP contribution in [0.4, 0.5) is 5.82 Å². The van der Waals surface area contributed by atoms with Crippen LogP contribution in [0.15, 0.2) is 48.5 Å². The summed E-state index contributed by atoms with van der Waals surface area (Å²) in [7, 11) is 0. The fourth-order valence-electron chi connectivity index (χ4n) is 3.62. The van der Waals surface area contributed by atoms with E-state index >= 15 is 0 Å². The summed E-state index contributed by atoms with van der Waals surface area (Å²) >= 11 is 0. The monoisotopic (exact) mass is 357 g/mol. The van der Waals surface area contributed by atoms with Gasteiger partial charge in [0.05, 0.1) is 5.52 Å². The molecule has 0 amide bonds.